The van der Waals surface area contributed by atoms with Crippen LogP contribution in [0.4, 0.5) is 10.1 Å². The molecule has 0 amide bonds. The molecule has 0 unspecified atom stereocenters. The van der Waals surface area contributed by atoms with Crippen LogP contribution in [0.3, 0.4) is 0 Å². The van der Waals surface area contributed by atoms with Gasteiger partial charge in [0.2, 0.25) is 10.0 Å². The highest BCUT2D eigenvalue weighted by atomic mass is 32.2. The molecule has 3 N–H and O–H groups in total. The average molecular weight is 300 g/mol. The van der Waals surface area contributed by atoms with Crippen molar-refractivity contribution in [1.29, 1.82) is 0 Å². The topological polar surface area (TPSA) is 72.2 Å². The standard InChI is InChI=1S/C12H13FN2O2S2/c1-8-2-4-10(18-8)7-15-19(16,17)12-6-9(14)3-5-11(12)13/h2-6,15H,7,14H2,1H3. The Morgan fingerprint density at radius 3 is 2.68 bits per heavy atom. The number of nitrogens with two attached hydrogens (primary N) is 1. The summed E-state index contributed by atoms with van der Waals surface area (Å²) in [5.41, 5.74) is 5.68. The van der Waals surface area contributed by atoms with Crippen LogP contribution in [0.25, 0.3) is 0 Å². The highest BCUT2D eigenvalue weighted by molar-refractivity contribution is 7.89. The molecule has 0 aliphatic carbocycles. The van der Waals surface area contributed by atoms with Gasteiger partial charge in [-0.3, -0.25) is 0 Å². The predicted octanol–water partition coefficient (Wildman–Crippen LogP) is 2.26. The molecule has 0 fully saturated rings. The quantitative estimate of drug-likeness (QED) is 0.851. The average Bonchev–Trinajstić information content (AvgIpc) is 2.76. The summed E-state index contributed by atoms with van der Waals surface area (Å²) < 4.78 is 39.8. The van der Waals surface area contributed by atoms with Crippen LogP contribution in [0, 0.1) is 12.7 Å². The van der Waals surface area contributed by atoms with Crippen molar-refractivity contribution in [2.24, 2.45) is 0 Å². The Hall–Kier alpha value is -1.44. The van der Waals surface area contributed by atoms with Gasteiger partial charge in [0.25, 0.3) is 0 Å². The number of anilines is 1. The minimum atomic E-state index is -3.90. The third kappa shape index (κ3) is 3.31. The van der Waals surface area contributed by atoms with Gasteiger partial charge in [-0.25, -0.2) is 17.5 Å². The van der Waals surface area contributed by atoms with Gasteiger partial charge in [0.1, 0.15) is 10.7 Å². The number of rotatable bonds is 4. The molecule has 2 rings (SSSR count). The molecule has 0 saturated carbocycles. The second-order valence-electron chi connectivity index (χ2n) is 4.03. The van der Waals surface area contributed by atoms with Gasteiger partial charge in [-0.2, -0.15) is 0 Å². The largest absolute Gasteiger partial charge is 0.399 e. The first-order valence-electron chi connectivity index (χ1n) is 5.48. The van der Waals surface area contributed by atoms with Gasteiger partial charge in [0.05, 0.1) is 0 Å². The summed E-state index contributed by atoms with van der Waals surface area (Å²) in [5, 5.41) is 0. The lowest BCUT2D eigenvalue weighted by molar-refractivity contribution is 0.557. The van der Waals surface area contributed by atoms with Crippen molar-refractivity contribution in [3.05, 3.63) is 45.9 Å². The van der Waals surface area contributed by atoms with Crippen molar-refractivity contribution < 1.29 is 12.8 Å². The van der Waals surface area contributed by atoms with E-state index in [1.807, 2.05) is 19.1 Å². The van der Waals surface area contributed by atoms with Gasteiger partial charge >= 0.3 is 0 Å². The van der Waals surface area contributed by atoms with Crippen molar-refractivity contribution in [2.75, 3.05) is 5.73 Å². The molecular weight excluding hydrogens is 287 g/mol. The Kier molecular flexibility index (Phi) is 3.88. The zero-order valence-electron chi connectivity index (χ0n) is 10.2. The molecule has 1 aromatic heterocycles. The maximum atomic E-state index is 13.5. The predicted molar refractivity (Wildman–Crippen MR) is 73.9 cm³/mol. The minimum absolute atomic E-state index is 0.134. The Bertz CT molecular complexity index is 696. The molecule has 0 bridgehead atoms. The number of hydrogen-bond acceptors (Lipinski definition) is 4. The lowest BCUT2D eigenvalue weighted by Gasteiger charge is -2.07. The summed E-state index contributed by atoms with van der Waals surface area (Å²) >= 11 is 1.49. The minimum Gasteiger partial charge on any atom is -0.399 e. The van der Waals surface area contributed by atoms with Gasteiger partial charge in [0, 0.05) is 22.0 Å². The van der Waals surface area contributed by atoms with Gasteiger partial charge in [0.15, 0.2) is 0 Å². The highest BCUT2D eigenvalue weighted by Crippen LogP contribution is 2.19. The molecule has 2 aromatic rings. The molecule has 0 atom stereocenters. The van der Waals surface area contributed by atoms with E-state index in [2.05, 4.69) is 4.72 Å². The summed E-state index contributed by atoms with van der Waals surface area (Å²) in [7, 11) is -3.90. The molecular formula is C12H13FN2O2S2. The number of nitrogen functional groups attached to an aromatic ring is 1. The van der Waals surface area contributed by atoms with Crippen molar-refractivity contribution in [1.82, 2.24) is 4.72 Å². The monoisotopic (exact) mass is 300 g/mol. The van der Waals surface area contributed by atoms with Crippen LogP contribution in [0.2, 0.25) is 0 Å². The van der Waals surface area contributed by atoms with E-state index in [1.54, 1.807) is 0 Å². The highest BCUT2D eigenvalue weighted by Gasteiger charge is 2.19. The maximum absolute atomic E-state index is 13.5. The molecule has 4 nitrogen and oxygen atoms in total. The third-order valence-electron chi connectivity index (χ3n) is 2.48. The smallest absolute Gasteiger partial charge is 0.243 e. The van der Waals surface area contributed by atoms with E-state index in [0.717, 1.165) is 21.9 Å². The number of aryl methyl sites for hydroxylation is 1. The number of benzene rings is 1. The Morgan fingerprint density at radius 1 is 1.32 bits per heavy atom. The van der Waals surface area contributed by atoms with Gasteiger partial charge < -0.3 is 5.73 Å². The van der Waals surface area contributed by atoms with Crippen LogP contribution in [0.15, 0.2) is 35.2 Å². The molecule has 19 heavy (non-hydrogen) atoms. The molecule has 0 spiro atoms. The van der Waals surface area contributed by atoms with Crippen LogP contribution >= 0.6 is 11.3 Å². The normalized spacial score (nSPS) is 11.7. The third-order valence-corrected chi connectivity index (χ3v) is 4.89. The zero-order chi connectivity index (χ0) is 14.0. The van der Waals surface area contributed by atoms with Gasteiger partial charge in [-0.05, 0) is 37.3 Å². The molecule has 0 radical (unpaired) electrons. The number of nitrogens with one attached hydrogen (secondary N) is 1. The van der Waals surface area contributed by atoms with E-state index in [4.69, 9.17) is 5.73 Å². The van der Waals surface area contributed by atoms with E-state index >= 15 is 0 Å². The number of halogens is 1. The first kappa shape index (κ1) is 14.0. The summed E-state index contributed by atoms with van der Waals surface area (Å²) in [6.07, 6.45) is 0. The molecule has 0 aliphatic heterocycles. The van der Waals surface area contributed by atoms with Crippen molar-refractivity contribution in [2.45, 2.75) is 18.4 Å². The molecule has 1 aromatic carbocycles. The van der Waals surface area contributed by atoms with Crippen LogP contribution in [-0.2, 0) is 16.6 Å². The van der Waals surface area contributed by atoms with E-state index < -0.39 is 20.7 Å². The maximum Gasteiger partial charge on any atom is 0.243 e. The fourth-order valence-electron chi connectivity index (χ4n) is 1.55. The second kappa shape index (κ2) is 5.28. The Labute approximate surface area is 115 Å². The van der Waals surface area contributed by atoms with Crippen molar-refractivity contribution in [3.63, 3.8) is 0 Å². The fourth-order valence-corrected chi connectivity index (χ4v) is 3.59. The molecule has 7 heteroatoms. The molecule has 102 valence electrons. The fraction of sp³-hybridized carbons (Fsp3) is 0.167. The first-order valence-corrected chi connectivity index (χ1v) is 7.78. The Balaban J connectivity index is 2.20. The van der Waals surface area contributed by atoms with Crippen molar-refractivity contribution in [3.8, 4) is 0 Å². The van der Waals surface area contributed by atoms with Crippen LogP contribution in [0.5, 0.6) is 0 Å². The summed E-state index contributed by atoms with van der Waals surface area (Å²) in [6, 6.07) is 7.20. The van der Waals surface area contributed by atoms with Crippen LogP contribution in [0.1, 0.15) is 9.75 Å². The van der Waals surface area contributed by atoms with Gasteiger partial charge in [-0.1, -0.05) is 0 Å². The van der Waals surface area contributed by atoms with Gasteiger partial charge in [-0.15, -0.1) is 11.3 Å². The summed E-state index contributed by atoms with van der Waals surface area (Å²) in [5.74, 6) is -0.816. The number of thiophene rings is 1. The summed E-state index contributed by atoms with van der Waals surface area (Å²) in [4.78, 5) is 1.52. The first-order chi connectivity index (χ1) is 8.88. The van der Waals surface area contributed by atoms with E-state index in [9.17, 15) is 12.8 Å². The van der Waals surface area contributed by atoms with E-state index in [0.29, 0.717) is 0 Å². The van der Waals surface area contributed by atoms with Crippen LogP contribution in [-0.4, -0.2) is 8.42 Å². The van der Waals surface area contributed by atoms with E-state index in [-0.39, 0.29) is 12.2 Å². The second-order valence-corrected chi connectivity index (χ2v) is 7.13. The number of sulfonamides is 1. The molecule has 0 aliphatic rings. The van der Waals surface area contributed by atoms with Crippen LogP contribution < -0.4 is 10.5 Å². The zero-order valence-corrected chi connectivity index (χ0v) is 11.8. The van der Waals surface area contributed by atoms with Crippen molar-refractivity contribution >= 4 is 27.0 Å². The lowest BCUT2D eigenvalue weighted by atomic mass is 10.3. The SMILES string of the molecule is Cc1ccc(CNS(=O)(=O)c2cc(N)ccc2F)s1. The molecule has 1 heterocycles. The summed E-state index contributed by atoms with van der Waals surface area (Å²) in [6.45, 7) is 2.06. The molecule has 0 saturated heterocycles. The van der Waals surface area contributed by atoms with E-state index in [1.165, 1.54) is 17.4 Å². The Morgan fingerprint density at radius 2 is 2.05 bits per heavy atom. The lowest BCUT2D eigenvalue weighted by Crippen LogP contribution is -2.24. The number of hydrogen-bond donors (Lipinski definition) is 2.